The number of benzene rings is 1. The fourth-order valence-electron chi connectivity index (χ4n) is 2.26. The van der Waals surface area contributed by atoms with Crippen molar-refractivity contribution < 1.29 is 9.84 Å². The van der Waals surface area contributed by atoms with Gasteiger partial charge in [0, 0.05) is 6.20 Å². The molecule has 0 amide bonds. The van der Waals surface area contributed by atoms with Gasteiger partial charge < -0.3 is 15.2 Å². The SMILES string of the molecule is COc1ccc(CCC(O)Nc2n[nH]c(-c3ccccn3)n2)cc1. The lowest BCUT2D eigenvalue weighted by Gasteiger charge is -2.11. The van der Waals surface area contributed by atoms with E-state index in [1.54, 1.807) is 13.3 Å². The molecule has 0 saturated heterocycles. The van der Waals surface area contributed by atoms with Gasteiger partial charge in [0.15, 0.2) is 5.82 Å². The van der Waals surface area contributed by atoms with E-state index in [1.165, 1.54) is 0 Å². The van der Waals surface area contributed by atoms with Crippen molar-refractivity contribution in [3.8, 4) is 17.3 Å². The number of anilines is 1. The summed E-state index contributed by atoms with van der Waals surface area (Å²) in [5.74, 6) is 1.72. The Morgan fingerprint density at radius 2 is 2.04 bits per heavy atom. The predicted molar refractivity (Wildman–Crippen MR) is 90.6 cm³/mol. The largest absolute Gasteiger partial charge is 0.497 e. The molecule has 1 unspecified atom stereocenters. The molecule has 0 saturated carbocycles. The molecular formula is C17H19N5O2. The Kier molecular flexibility index (Phi) is 5.02. The van der Waals surface area contributed by atoms with E-state index in [-0.39, 0.29) is 0 Å². The molecule has 1 aromatic carbocycles. The van der Waals surface area contributed by atoms with Crippen LogP contribution in [0.25, 0.3) is 11.5 Å². The quantitative estimate of drug-likeness (QED) is 0.577. The van der Waals surface area contributed by atoms with E-state index in [4.69, 9.17) is 4.74 Å². The molecule has 3 aromatic rings. The van der Waals surface area contributed by atoms with Crippen LogP contribution in [0.5, 0.6) is 5.75 Å². The number of H-pyrrole nitrogens is 1. The highest BCUT2D eigenvalue weighted by Gasteiger charge is 2.10. The number of aliphatic hydroxyl groups excluding tert-OH is 1. The van der Waals surface area contributed by atoms with E-state index in [1.807, 2.05) is 42.5 Å². The minimum absolute atomic E-state index is 0.345. The van der Waals surface area contributed by atoms with Gasteiger partial charge >= 0.3 is 0 Å². The van der Waals surface area contributed by atoms with Gasteiger partial charge in [-0.3, -0.25) is 10.1 Å². The third-order valence-corrected chi connectivity index (χ3v) is 3.55. The average molecular weight is 325 g/mol. The van der Waals surface area contributed by atoms with Crippen LogP contribution in [0.4, 0.5) is 5.95 Å². The third kappa shape index (κ3) is 4.08. The highest BCUT2D eigenvalue weighted by atomic mass is 16.5. The number of hydrogen-bond donors (Lipinski definition) is 3. The molecule has 3 rings (SSSR count). The summed E-state index contributed by atoms with van der Waals surface area (Å²) in [4.78, 5) is 8.48. The minimum Gasteiger partial charge on any atom is -0.497 e. The second-order valence-electron chi connectivity index (χ2n) is 5.27. The predicted octanol–water partition coefficient (Wildman–Crippen LogP) is 2.24. The van der Waals surface area contributed by atoms with E-state index in [9.17, 15) is 5.11 Å². The minimum atomic E-state index is -0.737. The van der Waals surface area contributed by atoms with Crippen LogP contribution < -0.4 is 10.1 Å². The maximum atomic E-state index is 10.1. The first kappa shape index (κ1) is 15.9. The second kappa shape index (κ2) is 7.56. The summed E-state index contributed by atoms with van der Waals surface area (Å²) in [6.07, 6.45) is 2.23. The molecule has 124 valence electrons. The van der Waals surface area contributed by atoms with Crippen LogP contribution in [-0.2, 0) is 6.42 Å². The summed E-state index contributed by atoms with van der Waals surface area (Å²) in [7, 11) is 1.64. The van der Waals surface area contributed by atoms with Crippen molar-refractivity contribution in [1.82, 2.24) is 20.2 Å². The van der Waals surface area contributed by atoms with Crippen molar-refractivity contribution in [2.45, 2.75) is 19.1 Å². The summed E-state index contributed by atoms with van der Waals surface area (Å²) in [6, 6.07) is 13.3. The van der Waals surface area contributed by atoms with E-state index < -0.39 is 6.23 Å². The number of aliphatic hydroxyl groups is 1. The van der Waals surface area contributed by atoms with Crippen LogP contribution >= 0.6 is 0 Å². The maximum absolute atomic E-state index is 10.1. The molecule has 24 heavy (non-hydrogen) atoms. The lowest BCUT2D eigenvalue weighted by atomic mass is 10.1. The van der Waals surface area contributed by atoms with Crippen molar-refractivity contribution >= 4 is 5.95 Å². The Bertz CT molecular complexity index is 758. The summed E-state index contributed by atoms with van der Waals surface area (Å²) in [5.41, 5.74) is 1.83. The zero-order valence-corrected chi connectivity index (χ0v) is 13.3. The lowest BCUT2D eigenvalue weighted by Crippen LogP contribution is -2.20. The molecule has 0 fully saturated rings. The van der Waals surface area contributed by atoms with Crippen LogP contribution in [0.1, 0.15) is 12.0 Å². The highest BCUT2D eigenvalue weighted by molar-refractivity contribution is 5.50. The molecule has 2 heterocycles. The monoisotopic (exact) mass is 325 g/mol. The molecular weight excluding hydrogens is 306 g/mol. The number of rotatable bonds is 7. The number of pyridine rings is 1. The van der Waals surface area contributed by atoms with Crippen LogP contribution in [0.15, 0.2) is 48.7 Å². The van der Waals surface area contributed by atoms with Crippen LogP contribution in [0, 0.1) is 0 Å². The number of nitrogens with one attached hydrogen (secondary N) is 2. The Balaban J connectivity index is 1.53. The van der Waals surface area contributed by atoms with E-state index in [0.717, 1.165) is 17.7 Å². The Morgan fingerprint density at radius 1 is 1.21 bits per heavy atom. The van der Waals surface area contributed by atoms with Crippen LogP contribution in [-0.4, -0.2) is 38.6 Å². The summed E-state index contributed by atoms with van der Waals surface area (Å²) in [6.45, 7) is 0. The second-order valence-corrected chi connectivity index (χ2v) is 5.27. The number of aromatic amines is 1. The Morgan fingerprint density at radius 3 is 2.75 bits per heavy atom. The van der Waals surface area contributed by atoms with E-state index in [2.05, 4.69) is 25.5 Å². The lowest BCUT2D eigenvalue weighted by molar-refractivity contribution is 0.192. The maximum Gasteiger partial charge on any atom is 0.244 e. The van der Waals surface area contributed by atoms with Gasteiger partial charge in [0.05, 0.1) is 7.11 Å². The first-order chi connectivity index (χ1) is 11.7. The number of aromatic nitrogens is 4. The standard InChI is InChI=1S/C17H19N5O2/c1-24-13-8-5-12(6-9-13)7-10-15(23)19-17-20-16(21-22-17)14-4-2-3-11-18-14/h2-6,8-9,11,15,23H,7,10H2,1H3,(H2,19,20,21,22). The Labute approximate surface area is 139 Å². The number of hydrogen-bond acceptors (Lipinski definition) is 6. The molecule has 7 heteroatoms. The van der Waals surface area contributed by atoms with Gasteiger partial charge in [-0.2, -0.15) is 4.98 Å². The van der Waals surface area contributed by atoms with Gasteiger partial charge in [0.1, 0.15) is 17.7 Å². The van der Waals surface area contributed by atoms with E-state index in [0.29, 0.717) is 23.9 Å². The molecule has 1 atom stereocenters. The molecule has 0 aliphatic carbocycles. The highest BCUT2D eigenvalue weighted by Crippen LogP contribution is 2.15. The van der Waals surface area contributed by atoms with Gasteiger partial charge in [-0.05, 0) is 42.7 Å². The smallest absolute Gasteiger partial charge is 0.244 e. The van der Waals surface area contributed by atoms with Gasteiger partial charge in [-0.25, -0.2) is 0 Å². The number of ether oxygens (including phenoxy) is 1. The zero-order chi connectivity index (χ0) is 16.8. The third-order valence-electron chi connectivity index (χ3n) is 3.55. The van der Waals surface area contributed by atoms with Crippen molar-refractivity contribution in [2.75, 3.05) is 12.4 Å². The van der Waals surface area contributed by atoms with E-state index >= 15 is 0 Å². The van der Waals surface area contributed by atoms with Gasteiger partial charge in [-0.15, -0.1) is 5.10 Å². The van der Waals surface area contributed by atoms with Crippen molar-refractivity contribution in [2.24, 2.45) is 0 Å². The summed E-state index contributed by atoms with van der Waals surface area (Å²) in [5, 5.41) is 19.8. The molecule has 0 aliphatic heterocycles. The molecule has 0 aliphatic rings. The molecule has 2 aromatic heterocycles. The molecule has 7 nitrogen and oxygen atoms in total. The average Bonchev–Trinajstić information content (AvgIpc) is 3.09. The number of methoxy groups -OCH3 is 1. The topological polar surface area (TPSA) is 96.0 Å². The summed E-state index contributed by atoms with van der Waals surface area (Å²) >= 11 is 0. The fourth-order valence-corrected chi connectivity index (χ4v) is 2.26. The van der Waals surface area contributed by atoms with Crippen LogP contribution in [0.2, 0.25) is 0 Å². The van der Waals surface area contributed by atoms with Crippen molar-refractivity contribution in [3.63, 3.8) is 0 Å². The first-order valence-electron chi connectivity index (χ1n) is 7.66. The van der Waals surface area contributed by atoms with Gasteiger partial charge in [0.25, 0.3) is 0 Å². The van der Waals surface area contributed by atoms with Crippen LogP contribution in [0.3, 0.4) is 0 Å². The Hall–Kier alpha value is -2.93. The van der Waals surface area contributed by atoms with Crippen molar-refractivity contribution in [1.29, 1.82) is 0 Å². The molecule has 3 N–H and O–H groups in total. The normalized spacial score (nSPS) is 11.9. The summed E-state index contributed by atoms with van der Waals surface area (Å²) < 4.78 is 5.13. The van der Waals surface area contributed by atoms with Gasteiger partial charge in [0.2, 0.25) is 5.95 Å². The molecule has 0 bridgehead atoms. The van der Waals surface area contributed by atoms with Crippen molar-refractivity contribution in [3.05, 3.63) is 54.2 Å². The molecule has 0 spiro atoms. The number of nitrogens with zero attached hydrogens (tertiary/aromatic N) is 3. The first-order valence-corrected chi connectivity index (χ1v) is 7.66. The fraction of sp³-hybridized carbons (Fsp3) is 0.235. The zero-order valence-electron chi connectivity index (χ0n) is 13.3. The molecule has 0 radical (unpaired) electrons. The number of aryl methyl sites for hydroxylation is 1. The van der Waals surface area contributed by atoms with Gasteiger partial charge in [-0.1, -0.05) is 18.2 Å².